The minimum Gasteiger partial charge on any atom is -0.241 e. The fourth-order valence-corrected chi connectivity index (χ4v) is 1.11. The van der Waals surface area contributed by atoms with Crippen LogP contribution in [0.1, 0.15) is 40.5 Å². The molecule has 2 heteroatoms. The van der Waals surface area contributed by atoms with Gasteiger partial charge >= 0.3 is 0 Å². The predicted molar refractivity (Wildman–Crippen MR) is 67.6 cm³/mol. The number of hydrogen-bond donors (Lipinski definition) is 0. The molecule has 0 atom stereocenters. The predicted octanol–water partition coefficient (Wildman–Crippen LogP) is 4.13. The molecule has 2 nitrogen and oxygen atoms in total. The summed E-state index contributed by atoms with van der Waals surface area (Å²) >= 11 is 0. The summed E-state index contributed by atoms with van der Waals surface area (Å²) in [5, 5.41) is 4.19. The van der Waals surface area contributed by atoms with Gasteiger partial charge in [0.1, 0.15) is 0 Å². The van der Waals surface area contributed by atoms with E-state index in [-0.39, 0.29) is 0 Å². The monoisotopic (exact) mass is 206 g/mol. The van der Waals surface area contributed by atoms with Crippen molar-refractivity contribution in [2.24, 2.45) is 0 Å². The second-order valence-corrected chi connectivity index (χ2v) is 2.80. The van der Waals surface area contributed by atoms with Gasteiger partial charge in [0.05, 0.1) is 5.70 Å². The zero-order valence-corrected chi connectivity index (χ0v) is 10.3. The Morgan fingerprint density at radius 3 is 2.47 bits per heavy atom. The van der Waals surface area contributed by atoms with Crippen molar-refractivity contribution < 1.29 is 0 Å². The first-order valence-electron chi connectivity index (χ1n) is 5.75. The van der Waals surface area contributed by atoms with E-state index in [9.17, 15) is 0 Å². The number of rotatable bonds is 4. The Labute approximate surface area is 93.3 Å². The molecule has 0 aromatic carbocycles. The van der Waals surface area contributed by atoms with Crippen molar-refractivity contribution in [1.29, 1.82) is 0 Å². The lowest BCUT2D eigenvalue weighted by Crippen LogP contribution is -1.94. The van der Waals surface area contributed by atoms with E-state index < -0.39 is 0 Å². The van der Waals surface area contributed by atoms with Crippen LogP contribution in [-0.2, 0) is 0 Å². The van der Waals surface area contributed by atoms with Gasteiger partial charge in [0.25, 0.3) is 0 Å². The molecule has 84 valence electrons. The van der Waals surface area contributed by atoms with Gasteiger partial charge < -0.3 is 0 Å². The minimum absolute atomic E-state index is 1.03. The average molecular weight is 206 g/mol. The Morgan fingerprint density at radius 2 is 2.00 bits per heavy atom. The van der Waals surface area contributed by atoms with Gasteiger partial charge in [-0.25, -0.2) is 4.68 Å². The Balaban J connectivity index is 0.000000921. The summed E-state index contributed by atoms with van der Waals surface area (Å²) < 4.78 is 1.88. The van der Waals surface area contributed by atoms with Crippen LogP contribution in [0.3, 0.4) is 0 Å². The van der Waals surface area contributed by atoms with E-state index in [1.165, 1.54) is 0 Å². The highest BCUT2D eigenvalue weighted by atomic mass is 15.3. The van der Waals surface area contributed by atoms with Crippen LogP contribution in [0.5, 0.6) is 0 Å². The topological polar surface area (TPSA) is 17.8 Å². The Hall–Kier alpha value is -1.31. The van der Waals surface area contributed by atoms with Crippen LogP contribution in [0.2, 0.25) is 0 Å². The van der Waals surface area contributed by atoms with Crippen molar-refractivity contribution in [3.8, 4) is 0 Å². The Bertz CT molecular complexity index is 281. The molecule has 1 aromatic rings. The molecule has 0 unspecified atom stereocenters. The molecule has 0 saturated carbocycles. The maximum atomic E-state index is 4.19. The molecular formula is C13H22N2. The molecule has 0 amide bonds. The van der Waals surface area contributed by atoms with Crippen molar-refractivity contribution in [3.05, 3.63) is 36.7 Å². The summed E-state index contributed by atoms with van der Waals surface area (Å²) in [6, 6.07) is 1.93. The van der Waals surface area contributed by atoms with Crippen LogP contribution in [0.15, 0.2) is 36.7 Å². The molecule has 1 heterocycles. The van der Waals surface area contributed by atoms with Crippen molar-refractivity contribution in [3.63, 3.8) is 0 Å². The maximum Gasteiger partial charge on any atom is 0.0602 e. The van der Waals surface area contributed by atoms with Gasteiger partial charge in [-0.1, -0.05) is 39.8 Å². The lowest BCUT2D eigenvalue weighted by molar-refractivity contribution is 0.903. The molecule has 0 radical (unpaired) electrons. The van der Waals surface area contributed by atoms with Crippen LogP contribution < -0.4 is 0 Å². The van der Waals surface area contributed by atoms with Crippen molar-refractivity contribution in [2.75, 3.05) is 0 Å². The molecule has 0 aliphatic carbocycles. The van der Waals surface area contributed by atoms with Gasteiger partial charge in [0.2, 0.25) is 0 Å². The first-order valence-corrected chi connectivity index (χ1v) is 5.75. The fourth-order valence-electron chi connectivity index (χ4n) is 1.11. The summed E-state index contributed by atoms with van der Waals surface area (Å²) in [7, 11) is 0. The Morgan fingerprint density at radius 1 is 1.27 bits per heavy atom. The lowest BCUT2D eigenvalue weighted by atomic mass is 10.3. The van der Waals surface area contributed by atoms with Gasteiger partial charge in [-0.05, 0) is 25.0 Å². The third kappa shape index (κ3) is 5.21. The quantitative estimate of drug-likeness (QED) is 0.677. The summed E-state index contributed by atoms with van der Waals surface area (Å²) in [5.74, 6) is 0. The van der Waals surface area contributed by atoms with E-state index >= 15 is 0 Å². The summed E-state index contributed by atoms with van der Waals surface area (Å²) in [4.78, 5) is 0. The molecule has 0 bridgehead atoms. The highest BCUT2D eigenvalue weighted by molar-refractivity contribution is 5.55. The minimum atomic E-state index is 1.03. The van der Waals surface area contributed by atoms with Gasteiger partial charge in [-0.3, -0.25) is 0 Å². The van der Waals surface area contributed by atoms with E-state index in [1.807, 2.05) is 30.8 Å². The van der Waals surface area contributed by atoms with Crippen molar-refractivity contribution >= 4 is 5.70 Å². The SMILES string of the molecule is CC.CC/C=C\C(=C/CC)n1cccn1. The number of aromatic nitrogens is 2. The van der Waals surface area contributed by atoms with E-state index in [0.29, 0.717) is 0 Å². The molecule has 0 aliphatic heterocycles. The van der Waals surface area contributed by atoms with Gasteiger partial charge in [-0.2, -0.15) is 5.10 Å². The first kappa shape index (κ1) is 13.7. The van der Waals surface area contributed by atoms with Gasteiger partial charge in [0, 0.05) is 12.4 Å². The van der Waals surface area contributed by atoms with Crippen LogP contribution >= 0.6 is 0 Å². The van der Waals surface area contributed by atoms with E-state index in [2.05, 4.69) is 37.2 Å². The van der Waals surface area contributed by atoms with E-state index in [0.717, 1.165) is 18.5 Å². The number of hydrogen-bond acceptors (Lipinski definition) is 1. The van der Waals surface area contributed by atoms with Crippen molar-refractivity contribution in [1.82, 2.24) is 9.78 Å². The standard InChI is InChI=1S/C11H16N2.C2H6/c1-3-5-8-11(7-4-2)13-10-6-9-12-13;1-2/h5-10H,3-4H2,1-2H3;1-2H3/b8-5-,11-7+;. The molecule has 0 spiro atoms. The van der Waals surface area contributed by atoms with E-state index in [1.54, 1.807) is 6.20 Å². The molecule has 1 aromatic heterocycles. The Kier molecular flexibility index (Phi) is 8.44. The fraction of sp³-hybridized carbons (Fsp3) is 0.462. The zero-order chi connectivity index (χ0) is 11.5. The maximum absolute atomic E-state index is 4.19. The average Bonchev–Trinajstić information content (AvgIpc) is 2.80. The third-order valence-corrected chi connectivity index (χ3v) is 1.71. The second kappa shape index (κ2) is 9.25. The van der Waals surface area contributed by atoms with Crippen LogP contribution in [-0.4, -0.2) is 9.78 Å². The summed E-state index contributed by atoms with van der Waals surface area (Å²) in [6.07, 6.45) is 12.3. The summed E-state index contributed by atoms with van der Waals surface area (Å²) in [6.45, 7) is 8.26. The van der Waals surface area contributed by atoms with Crippen molar-refractivity contribution in [2.45, 2.75) is 40.5 Å². The molecule has 0 N–H and O–H groups in total. The highest BCUT2D eigenvalue weighted by Gasteiger charge is 1.93. The lowest BCUT2D eigenvalue weighted by Gasteiger charge is -2.00. The normalized spacial score (nSPS) is 11.3. The zero-order valence-electron chi connectivity index (χ0n) is 10.3. The number of nitrogens with zero attached hydrogens (tertiary/aromatic N) is 2. The summed E-state index contributed by atoms with van der Waals surface area (Å²) in [5.41, 5.74) is 1.15. The molecule has 1 rings (SSSR count). The molecule has 0 saturated heterocycles. The van der Waals surface area contributed by atoms with Crippen LogP contribution in [0, 0.1) is 0 Å². The number of allylic oxidation sites excluding steroid dienone is 4. The smallest absolute Gasteiger partial charge is 0.0602 e. The molecule has 0 aliphatic rings. The second-order valence-electron chi connectivity index (χ2n) is 2.80. The van der Waals surface area contributed by atoms with Gasteiger partial charge in [-0.15, -0.1) is 0 Å². The van der Waals surface area contributed by atoms with Crippen LogP contribution in [0.4, 0.5) is 0 Å². The molecule has 15 heavy (non-hydrogen) atoms. The highest BCUT2D eigenvalue weighted by Crippen LogP contribution is 2.06. The largest absolute Gasteiger partial charge is 0.241 e. The molecule has 0 fully saturated rings. The van der Waals surface area contributed by atoms with E-state index in [4.69, 9.17) is 0 Å². The third-order valence-electron chi connectivity index (χ3n) is 1.71. The van der Waals surface area contributed by atoms with Crippen LogP contribution in [0.25, 0.3) is 5.70 Å². The first-order chi connectivity index (χ1) is 7.38. The van der Waals surface area contributed by atoms with Gasteiger partial charge in [0.15, 0.2) is 0 Å². The molecular weight excluding hydrogens is 184 g/mol.